The van der Waals surface area contributed by atoms with Gasteiger partial charge in [0.05, 0.1) is 39.0 Å². The van der Waals surface area contributed by atoms with Gasteiger partial charge in [-0.25, -0.2) is 4.79 Å². The second kappa shape index (κ2) is 10.3. The molecule has 0 aromatic heterocycles. The van der Waals surface area contributed by atoms with Crippen LogP contribution >= 0.6 is 24.0 Å². The van der Waals surface area contributed by atoms with Crippen molar-refractivity contribution >= 4 is 30.0 Å². The molecule has 1 heterocycles. The number of carbonyl (C=O) groups is 1. The summed E-state index contributed by atoms with van der Waals surface area (Å²) in [6.07, 6.45) is 0.649. The van der Waals surface area contributed by atoms with Gasteiger partial charge in [0.1, 0.15) is 12.4 Å². The summed E-state index contributed by atoms with van der Waals surface area (Å²) in [6, 6.07) is 8.63. The van der Waals surface area contributed by atoms with Crippen LogP contribution in [0.2, 0.25) is 5.02 Å². The van der Waals surface area contributed by atoms with Crippen LogP contribution in [0, 0.1) is 0 Å². The van der Waals surface area contributed by atoms with Gasteiger partial charge in [-0.05, 0) is 44.4 Å². The SMILES string of the molecule is COc1cc(C(=O)OCC2(N(C)C)CCOc3ccc(Cl)cc32)cc(OC)c1OC.Cl. The first-order chi connectivity index (χ1) is 14.4. The van der Waals surface area contributed by atoms with Gasteiger partial charge in [0.25, 0.3) is 0 Å². The van der Waals surface area contributed by atoms with Crippen LogP contribution in [-0.2, 0) is 10.3 Å². The minimum absolute atomic E-state index is 0. The van der Waals surface area contributed by atoms with Gasteiger partial charge < -0.3 is 23.7 Å². The second-order valence-electron chi connectivity index (χ2n) is 7.16. The number of methoxy groups -OCH3 is 3. The molecule has 0 N–H and O–H groups in total. The van der Waals surface area contributed by atoms with Gasteiger partial charge in [-0.1, -0.05) is 11.6 Å². The highest BCUT2D eigenvalue weighted by Gasteiger charge is 2.41. The molecule has 0 aliphatic carbocycles. The third kappa shape index (κ3) is 4.79. The van der Waals surface area contributed by atoms with E-state index in [-0.39, 0.29) is 19.0 Å². The topological polar surface area (TPSA) is 66.5 Å². The van der Waals surface area contributed by atoms with Gasteiger partial charge in [-0.2, -0.15) is 0 Å². The largest absolute Gasteiger partial charge is 0.493 e. The highest BCUT2D eigenvalue weighted by Crippen LogP contribution is 2.42. The molecule has 3 rings (SSSR count). The Bertz CT molecular complexity index is 911. The summed E-state index contributed by atoms with van der Waals surface area (Å²) in [5.74, 6) is 1.42. The average Bonchev–Trinajstić information content (AvgIpc) is 2.76. The van der Waals surface area contributed by atoms with Crippen LogP contribution in [0.3, 0.4) is 0 Å². The highest BCUT2D eigenvalue weighted by atomic mass is 35.5. The first-order valence-corrected chi connectivity index (χ1v) is 9.81. The van der Waals surface area contributed by atoms with Crippen molar-refractivity contribution in [1.82, 2.24) is 4.90 Å². The van der Waals surface area contributed by atoms with Gasteiger partial charge in [0.15, 0.2) is 11.5 Å². The Morgan fingerprint density at radius 3 is 2.29 bits per heavy atom. The third-order valence-corrected chi connectivity index (χ3v) is 5.65. The molecule has 0 fully saturated rings. The molecule has 0 bridgehead atoms. The zero-order chi connectivity index (χ0) is 21.9. The summed E-state index contributed by atoms with van der Waals surface area (Å²) in [5, 5.41) is 0.599. The molecule has 1 aliphatic heterocycles. The van der Waals surface area contributed by atoms with E-state index >= 15 is 0 Å². The van der Waals surface area contributed by atoms with E-state index in [2.05, 4.69) is 0 Å². The van der Waals surface area contributed by atoms with Crippen molar-refractivity contribution in [3.63, 3.8) is 0 Å². The van der Waals surface area contributed by atoms with Crippen LogP contribution in [0.1, 0.15) is 22.3 Å². The number of hydrogen-bond donors (Lipinski definition) is 0. The van der Waals surface area contributed by atoms with E-state index in [1.54, 1.807) is 18.2 Å². The van der Waals surface area contributed by atoms with Crippen LogP contribution in [0.4, 0.5) is 0 Å². The van der Waals surface area contributed by atoms with E-state index in [0.717, 1.165) is 11.3 Å². The minimum Gasteiger partial charge on any atom is -0.493 e. The number of likely N-dealkylation sites (N-methyl/N-ethyl adjacent to an activating group) is 1. The van der Waals surface area contributed by atoms with Crippen LogP contribution in [0.15, 0.2) is 30.3 Å². The van der Waals surface area contributed by atoms with Crippen molar-refractivity contribution in [2.24, 2.45) is 0 Å². The summed E-state index contributed by atoms with van der Waals surface area (Å²) in [6.45, 7) is 0.640. The molecule has 2 aromatic carbocycles. The second-order valence-corrected chi connectivity index (χ2v) is 7.59. The number of rotatable bonds is 7. The van der Waals surface area contributed by atoms with E-state index in [1.807, 2.05) is 31.1 Å². The Balaban J connectivity index is 0.00000341. The number of nitrogens with zero attached hydrogens (tertiary/aromatic N) is 1. The van der Waals surface area contributed by atoms with Crippen molar-refractivity contribution in [1.29, 1.82) is 0 Å². The molecule has 0 radical (unpaired) electrons. The number of carbonyl (C=O) groups excluding carboxylic acids is 1. The van der Waals surface area contributed by atoms with Gasteiger partial charge >= 0.3 is 5.97 Å². The van der Waals surface area contributed by atoms with Crippen LogP contribution in [-0.4, -0.2) is 59.5 Å². The van der Waals surface area contributed by atoms with Crippen molar-refractivity contribution in [2.75, 3.05) is 48.6 Å². The lowest BCUT2D eigenvalue weighted by Gasteiger charge is -2.43. The maximum absolute atomic E-state index is 12.9. The summed E-state index contributed by atoms with van der Waals surface area (Å²) in [7, 11) is 8.39. The van der Waals surface area contributed by atoms with Crippen LogP contribution in [0.25, 0.3) is 0 Å². The maximum atomic E-state index is 12.9. The lowest BCUT2D eigenvalue weighted by atomic mass is 9.84. The van der Waals surface area contributed by atoms with Crippen molar-refractivity contribution in [2.45, 2.75) is 12.0 Å². The van der Waals surface area contributed by atoms with Crippen molar-refractivity contribution in [3.05, 3.63) is 46.5 Å². The Morgan fingerprint density at radius 2 is 1.74 bits per heavy atom. The van der Waals surface area contributed by atoms with Gasteiger partial charge in [0, 0.05) is 17.0 Å². The number of fused-ring (bicyclic) bond motifs is 1. The first kappa shape index (κ1) is 24.9. The molecule has 9 heteroatoms. The zero-order valence-electron chi connectivity index (χ0n) is 18.2. The molecular weight excluding hydrogens is 445 g/mol. The van der Waals surface area contributed by atoms with E-state index < -0.39 is 11.5 Å². The highest BCUT2D eigenvalue weighted by molar-refractivity contribution is 6.30. The fourth-order valence-electron chi connectivity index (χ4n) is 3.67. The molecule has 0 spiro atoms. The monoisotopic (exact) mass is 471 g/mol. The zero-order valence-corrected chi connectivity index (χ0v) is 19.8. The summed E-state index contributed by atoms with van der Waals surface area (Å²) < 4.78 is 27.5. The van der Waals surface area contributed by atoms with Gasteiger partial charge in [-0.3, -0.25) is 4.90 Å². The van der Waals surface area contributed by atoms with E-state index in [1.165, 1.54) is 21.3 Å². The lowest BCUT2D eigenvalue weighted by Crippen LogP contribution is -2.49. The van der Waals surface area contributed by atoms with E-state index in [0.29, 0.717) is 40.9 Å². The molecular formula is C22H27Cl2NO6. The molecule has 2 aromatic rings. The number of esters is 1. The standard InChI is InChI=1S/C22H26ClNO6.ClH/c1-24(2)22(8-9-29-17-7-6-15(23)12-16(17)22)13-30-21(25)14-10-18(26-3)20(28-5)19(11-14)27-4;/h6-7,10-12H,8-9,13H2,1-5H3;1H. The van der Waals surface area contributed by atoms with Gasteiger partial charge in [-0.15, -0.1) is 12.4 Å². The number of ether oxygens (including phenoxy) is 5. The summed E-state index contributed by atoms with van der Waals surface area (Å²) in [4.78, 5) is 15.0. The summed E-state index contributed by atoms with van der Waals surface area (Å²) >= 11 is 6.24. The molecule has 7 nitrogen and oxygen atoms in total. The third-order valence-electron chi connectivity index (χ3n) is 5.41. The first-order valence-electron chi connectivity index (χ1n) is 9.43. The predicted molar refractivity (Wildman–Crippen MR) is 121 cm³/mol. The lowest BCUT2D eigenvalue weighted by molar-refractivity contribution is -0.00277. The van der Waals surface area contributed by atoms with Crippen molar-refractivity contribution in [3.8, 4) is 23.0 Å². The molecule has 1 aliphatic rings. The molecule has 0 saturated carbocycles. The van der Waals surface area contributed by atoms with Gasteiger partial charge in [0.2, 0.25) is 5.75 Å². The molecule has 31 heavy (non-hydrogen) atoms. The van der Waals surface area contributed by atoms with Crippen LogP contribution in [0.5, 0.6) is 23.0 Å². The van der Waals surface area contributed by atoms with E-state index in [4.69, 9.17) is 35.3 Å². The molecule has 0 saturated heterocycles. The Kier molecular flexibility index (Phi) is 8.28. The maximum Gasteiger partial charge on any atom is 0.338 e. The molecule has 1 unspecified atom stereocenters. The molecule has 170 valence electrons. The predicted octanol–water partition coefficient (Wildman–Crippen LogP) is 4.18. The number of halogens is 2. The molecule has 0 amide bonds. The fourth-order valence-corrected chi connectivity index (χ4v) is 3.84. The Labute approximate surface area is 193 Å². The number of benzene rings is 2. The quantitative estimate of drug-likeness (QED) is 0.560. The van der Waals surface area contributed by atoms with E-state index in [9.17, 15) is 4.79 Å². The Hall–Kier alpha value is -2.35. The number of hydrogen-bond acceptors (Lipinski definition) is 7. The Morgan fingerprint density at radius 1 is 1.10 bits per heavy atom. The van der Waals surface area contributed by atoms with Crippen LogP contribution < -0.4 is 18.9 Å². The smallest absolute Gasteiger partial charge is 0.338 e. The normalized spacial score (nSPS) is 17.1. The average molecular weight is 472 g/mol. The molecule has 1 atom stereocenters. The summed E-state index contributed by atoms with van der Waals surface area (Å²) in [5.41, 5.74) is 0.634. The fraction of sp³-hybridized carbons (Fsp3) is 0.409. The van der Waals surface area contributed by atoms with Crippen molar-refractivity contribution < 1.29 is 28.5 Å². The minimum atomic E-state index is -0.561.